The molecule has 0 radical (unpaired) electrons. The van der Waals surface area contributed by atoms with Crippen molar-refractivity contribution in [1.29, 1.82) is 0 Å². The molecule has 1 aliphatic carbocycles. The first-order valence-corrected chi connectivity index (χ1v) is 9.23. The number of amides is 1. The Balaban J connectivity index is 1.31. The summed E-state index contributed by atoms with van der Waals surface area (Å²) in [5, 5.41) is 3.11. The van der Waals surface area contributed by atoms with Crippen molar-refractivity contribution in [3.63, 3.8) is 0 Å². The van der Waals surface area contributed by atoms with Gasteiger partial charge in [-0.25, -0.2) is 0 Å². The van der Waals surface area contributed by atoms with E-state index < -0.39 is 0 Å². The summed E-state index contributed by atoms with van der Waals surface area (Å²) < 4.78 is 5.81. The first kappa shape index (κ1) is 16.0. The Hall–Kier alpha value is -1.46. The summed E-state index contributed by atoms with van der Waals surface area (Å²) in [4.78, 5) is 18.9. The minimum atomic E-state index is 0.210. The van der Waals surface area contributed by atoms with Crippen molar-refractivity contribution in [3.8, 4) is 0 Å². The van der Waals surface area contributed by atoms with Gasteiger partial charge in [-0.3, -0.25) is 14.7 Å². The van der Waals surface area contributed by atoms with Gasteiger partial charge in [0.1, 0.15) is 0 Å². The summed E-state index contributed by atoms with van der Waals surface area (Å²) in [6.07, 6.45) is 6.94. The molecular weight excluding hydrogens is 302 g/mol. The maximum Gasteiger partial charge on any atom is 0.220 e. The van der Waals surface area contributed by atoms with E-state index in [1.165, 1.54) is 18.4 Å². The molecule has 1 amide bonds. The number of aromatic nitrogens is 1. The number of carbonyl (C=O) groups is 1. The van der Waals surface area contributed by atoms with Crippen LogP contribution in [0, 0.1) is 23.7 Å². The fourth-order valence-electron chi connectivity index (χ4n) is 4.17. The average Bonchev–Trinajstić information content (AvgIpc) is 3.33. The molecular formula is C19H27N3O2. The van der Waals surface area contributed by atoms with Crippen LogP contribution in [-0.4, -0.2) is 48.6 Å². The SMILES string of the molecule is O=C(C[C@@H]1COC[C@H]2CN(Cc3cccnc3)C[C@@H]12)NCC1CC1. The van der Waals surface area contributed by atoms with E-state index >= 15 is 0 Å². The lowest BCUT2D eigenvalue weighted by molar-refractivity contribution is -0.124. The lowest BCUT2D eigenvalue weighted by Crippen LogP contribution is -2.38. The minimum Gasteiger partial charge on any atom is -0.381 e. The number of hydrogen-bond acceptors (Lipinski definition) is 4. The second-order valence-electron chi connectivity index (χ2n) is 7.73. The van der Waals surface area contributed by atoms with E-state index in [1.807, 2.05) is 18.5 Å². The first-order valence-electron chi connectivity index (χ1n) is 9.23. The summed E-state index contributed by atoms with van der Waals surface area (Å²) in [6.45, 7) is 5.53. The van der Waals surface area contributed by atoms with Crippen LogP contribution in [0.1, 0.15) is 24.8 Å². The number of carbonyl (C=O) groups excluding carboxylic acids is 1. The molecule has 1 N–H and O–H groups in total. The van der Waals surface area contributed by atoms with Gasteiger partial charge in [0.15, 0.2) is 0 Å². The number of ether oxygens (including phenoxy) is 1. The van der Waals surface area contributed by atoms with Crippen molar-refractivity contribution < 1.29 is 9.53 Å². The molecule has 1 aromatic rings. The Morgan fingerprint density at radius 1 is 1.33 bits per heavy atom. The predicted octanol–water partition coefficient (Wildman–Crippen LogP) is 1.69. The van der Waals surface area contributed by atoms with Crippen LogP contribution in [0.3, 0.4) is 0 Å². The zero-order valence-electron chi connectivity index (χ0n) is 14.2. The van der Waals surface area contributed by atoms with E-state index in [9.17, 15) is 4.79 Å². The quantitative estimate of drug-likeness (QED) is 0.863. The summed E-state index contributed by atoms with van der Waals surface area (Å²) in [5.41, 5.74) is 1.26. The van der Waals surface area contributed by atoms with E-state index in [0.717, 1.165) is 45.3 Å². The number of nitrogens with zero attached hydrogens (tertiary/aromatic N) is 2. The van der Waals surface area contributed by atoms with Crippen LogP contribution in [0.2, 0.25) is 0 Å². The highest BCUT2D eigenvalue weighted by atomic mass is 16.5. The van der Waals surface area contributed by atoms with Crippen LogP contribution >= 0.6 is 0 Å². The van der Waals surface area contributed by atoms with E-state index in [1.54, 1.807) is 0 Å². The topological polar surface area (TPSA) is 54.5 Å². The zero-order valence-corrected chi connectivity index (χ0v) is 14.2. The maximum atomic E-state index is 12.2. The number of hydrogen-bond donors (Lipinski definition) is 1. The normalized spacial score (nSPS) is 30.1. The van der Waals surface area contributed by atoms with E-state index in [4.69, 9.17) is 4.74 Å². The molecule has 5 heteroatoms. The number of likely N-dealkylation sites (tertiary alicyclic amines) is 1. The van der Waals surface area contributed by atoms with Crippen LogP contribution in [0.15, 0.2) is 24.5 Å². The molecule has 5 nitrogen and oxygen atoms in total. The average molecular weight is 329 g/mol. The molecule has 1 saturated carbocycles. The number of nitrogens with one attached hydrogen (secondary N) is 1. The van der Waals surface area contributed by atoms with Gasteiger partial charge in [0.05, 0.1) is 13.2 Å². The highest BCUT2D eigenvalue weighted by molar-refractivity contribution is 5.76. The molecule has 0 bridgehead atoms. The van der Waals surface area contributed by atoms with Crippen molar-refractivity contribution in [3.05, 3.63) is 30.1 Å². The van der Waals surface area contributed by atoms with Gasteiger partial charge in [-0.2, -0.15) is 0 Å². The van der Waals surface area contributed by atoms with Crippen molar-refractivity contribution in [2.24, 2.45) is 23.7 Å². The van der Waals surface area contributed by atoms with Crippen LogP contribution in [0.25, 0.3) is 0 Å². The Morgan fingerprint density at radius 2 is 2.25 bits per heavy atom. The Bertz CT molecular complexity index is 561. The zero-order chi connectivity index (χ0) is 16.4. The predicted molar refractivity (Wildman–Crippen MR) is 91.2 cm³/mol. The number of pyridine rings is 1. The highest BCUT2D eigenvalue weighted by Gasteiger charge is 2.41. The van der Waals surface area contributed by atoms with Gasteiger partial charge in [0.2, 0.25) is 5.91 Å². The minimum absolute atomic E-state index is 0.210. The van der Waals surface area contributed by atoms with E-state index in [-0.39, 0.29) is 5.91 Å². The molecule has 0 unspecified atom stereocenters. The molecule has 1 aromatic heterocycles. The molecule has 3 atom stereocenters. The highest BCUT2D eigenvalue weighted by Crippen LogP contribution is 2.36. The summed E-state index contributed by atoms with van der Waals surface area (Å²) >= 11 is 0. The Labute approximate surface area is 143 Å². The van der Waals surface area contributed by atoms with Gasteiger partial charge in [-0.1, -0.05) is 6.07 Å². The summed E-state index contributed by atoms with van der Waals surface area (Å²) in [6, 6.07) is 4.13. The molecule has 130 valence electrons. The van der Waals surface area contributed by atoms with Crippen molar-refractivity contribution in [2.45, 2.75) is 25.8 Å². The molecule has 0 spiro atoms. The second kappa shape index (κ2) is 7.19. The second-order valence-corrected chi connectivity index (χ2v) is 7.73. The first-order chi connectivity index (χ1) is 11.8. The van der Waals surface area contributed by atoms with Crippen LogP contribution in [0.4, 0.5) is 0 Å². The largest absolute Gasteiger partial charge is 0.381 e. The van der Waals surface area contributed by atoms with Crippen LogP contribution < -0.4 is 5.32 Å². The molecule has 4 rings (SSSR count). The fourth-order valence-corrected chi connectivity index (χ4v) is 4.17. The lowest BCUT2D eigenvalue weighted by atomic mass is 9.81. The van der Waals surface area contributed by atoms with Gasteiger partial charge in [-0.05, 0) is 48.1 Å². The Kier molecular flexibility index (Phi) is 4.81. The molecule has 24 heavy (non-hydrogen) atoms. The third-order valence-corrected chi connectivity index (χ3v) is 5.70. The third kappa shape index (κ3) is 3.95. The van der Waals surface area contributed by atoms with E-state index in [2.05, 4.69) is 21.3 Å². The third-order valence-electron chi connectivity index (χ3n) is 5.70. The molecule has 3 fully saturated rings. The molecule has 2 saturated heterocycles. The molecule has 3 aliphatic rings. The van der Waals surface area contributed by atoms with Gasteiger partial charge in [0.25, 0.3) is 0 Å². The lowest BCUT2D eigenvalue weighted by Gasteiger charge is -2.32. The molecule has 3 heterocycles. The van der Waals surface area contributed by atoms with Gasteiger partial charge in [0, 0.05) is 45.0 Å². The number of rotatable bonds is 6. The van der Waals surface area contributed by atoms with Crippen LogP contribution in [0.5, 0.6) is 0 Å². The summed E-state index contributed by atoms with van der Waals surface area (Å²) in [7, 11) is 0. The number of fused-ring (bicyclic) bond motifs is 1. The summed E-state index contributed by atoms with van der Waals surface area (Å²) in [5.74, 6) is 2.47. The molecule has 0 aromatic carbocycles. The van der Waals surface area contributed by atoms with Crippen molar-refractivity contribution in [1.82, 2.24) is 15.2 Å². The van der Waals surface area contributed by atoms with Gasteiger partial charge < -0.3 is 10.1 Å². The maximum absolute atomic E-state index is 12.2. The van der Waals surface area contributed by atoms with E-state index in [0.29, 0.717) is 24.2 Å². The van der Waals surface area contributed by atoms with Crippen LogP contribution in [-0.2, 0) is 16.1 Å². The van der Waals surface area contributed by atoms with Crippen molar-refractivity contribution >= 4 is 5.91 Å². The van der Waals surface area contributed by atoms with Crippen molar-refractivity contribution in [2.75, 3.05) is 32.8 Å². The van der Waals surface area contributed by atoms with Gasteiger partial charge >= 0.3 is 0 Å². The van der Waals surface area contributed by atoms with Gasteiger partial charge in [-0.15, -0.1) is 0 Å². The smallest absolute Gasteiger partial charge is 0.220 e. The monoisotopic (exact) mass is 329 g/mol. The Morgan fingerprint density at radius 3 is 3.04 bits per heavy atom. The fraction of sp³-hybridized carbons (Fsp3) is 0.684. The molecule has 2 aliphatic heterocycles. The standard InChI is InChI=1S/C19H27N3O2/c23-19(21-8-14-3-4-14)6-16-12-24-13-17-10-22(11-18(16)17)9-15-2-1-5-20-7-15/h1-2,5,7,14,16-18H,3-4,6,8-13H2,(H,21,23)/t16-,17-,18+/m1/s1.